The summed E-state index contributed by atoms with van der Waals surface area (Å²) in [6, 6.07) is 1.38. The van der Waals surface area contributed by atoms with Crippen molar-refractivity contribution in [1.82, 2.24) is 4.90 Å². The van der Waals surface area contributed by atoms with Crippen molar-refractivity contribution in [3.8, 4) is 5.75 Å². The van der Waals surface area contributed by atoms with E-state index in [0.717, 1.165) is 31.6 Å². The van der Waals surface area contributed by atoms with E-state index in [1.54, 1.807) is 0 Å². The number of carboxylic acids is 1. The van der Waals surface area contributed by atoms with E-state index >= 15 is 0 Å². The molecule has 23 heavy (non-hydrogen) atoms. The van der Waals surface area contributed by atoms with Gasteiger partial charge >= 0.3 is 5.97 Å². The third kappa shape index (κ3) is 3.84. The molecule has 1 atom stereocenters. The molecule has 1 aromatic carbocycles. The van der Waals surface area contributed by atoms with E-state index in [0.29, 0.717) is 17.9 Å². The summed E-state index contributed by atoms with van der Waals surface area (Å²) in [5.74, 6) is -0.632. The van der Waals surface area contributed by atoms with Gasteiger partial charge in [-0.2, -0.15) is 0 Å². The molecule has 0 amide bonds. The number of aromatic carboxylic acids is 1. The molecule has 3 N–H and O–H groups in total. The van der Waals surface area contributed by atoms with Crippen molar-refractivity contribution in [3.05, 3.63) is 22.2 Å². The van der Waals surface area contributed by atoms with Gasteiger partial charge in [-0.25, -0.2) is 4.79 Å². The number of halogens is 2. The molecule has 0 aliphatic carbocycles. The zero-order valence-corrected chi connectivity index (χ0v) is 14.5. The predicted molar refractivity (Wildman–Crippen MR) is 93.1 cm³/mol. The average molecular weight is 361 g/mol. The number of benzene rings is 1. The number of likely N-dealkylation sites (tertiary alicyclic amines) is 1. The van der Waals surface area contributed by atoms with Crippen LogP contribution in [0.4, 0.5) is 5.69 Å². The molecule has 2 aliphatic heterocycles. The summed E-state index contributed by atoms with van der Waals surface area (Å²) in [7, 11) is 0. The average Bonchev–Trinajstić information content (AvgIpc) is 2.94. The number of fused-ring (bicyclic) bond motifs is 1. The van der Waals surface area contributed by atoms with Crippen molar-refractivity contribution in [1.29, 1.82) is 0 Å². The Morgan fingerprint density at radius 2 is 2.09 bits per heavy atom. The lowest BCUT2D eigenvalue weighted by Gasteiger charge is -2.27. The zero-order chi connectivity index (χ0) is 15.7. The van der Waals surface area contributed by atoms with Crippen LogP contribution in [0.3, 0.4) is 0 Å². The van der Waals surface area contributed by atoms with Gasteiger partial charge in [0.05, 0.1) is 10.7 Å². The first-order valence-corrected chi connectivity index (χ1v) is 8.17. The van der Waals surface area contributed by atoms with Gasteiger partial charge in [-0.15, -0.1) is 12.4 Å². The lowest BCUT2D eigenvalue weighted by Crippen LogP contribution is -2.33. The molecule has 0 radical (unpaired) electrons. The van der Waals surface area contributed by atoms with Crippen molar-refractivity contribution < 1.29 is 14.6 Å². The van der Waals surface area contributed by atoms with Crippen LogP contribution in [0, 0.1) is 0 Å². The van der Waals surface area contributed by atoms with E-state index in [1.165, 1.54) is 25.3 Å². The van der Waals surface area contributed by atoms with E-state index in [9.17, 15) is 9.90 Å². The highest BCUT2D eigenvalue weighted by molar-refractivity contribution is 6.33. The molecule has 0 saturated carbocycles. The molecular weight excluding hydrogens is 339 g/mol. The summed E-state index contributed by atoms with van der Waals surface area (Å²) in [5.41, 5.74) is 7.29. The van der Waals surface area contributed by atoms with Crippen LogP contribution in [0.15, 0.2) is 6.07 Å². The number of anilines is 1. The minimum atomic E-state index is -1.03. The number of nitrogens with two attached hydrogens (primary N) is 1. The number of nitrogen functional groups attached to an aromatic ring is 1. The summed E-state index contributed by atoms with van der Waals surface area (Å²) >= 11 is 6.04. The van der Waals surface area contributed by atoms with Gasteiger partial charge in [0, 0.05) is 18.5 Å². The van der Waals surface area contributed by atoms with Gasteiger partial charge < -0.3 is 20.5 Å². The highest BCUT2D eigenvalue weighted by atomic mass is 35.5. The summed E-state index contributed by atoms with van der Waals surface area (Å²) < 4.78 is 5.88. The van der Waals surface area contributed by atoms with Crippen molar-refractivity contribution in [2.75, 3.05) is 25.4 Å². The number of rotatable bonds is 4. The maximum atomic E-state index is 11.3. The first-order valence-electron chi connectivity index (χ1n) is 7.79. The van der Waals surface area contributed by atoms with E-state index in [1.807, 2.05) is 0 Å². The molecule has 2 aliphatic rings. The summed E-state index contributed by atoms with van der Waals surface area (Å²) in [4.78, 5) is 13.8. The number of hydrogen-bond acceptors (Lipinski definition) is 4. The van der Waals surface area contributed by atoms with Crippen LogP contribution in [0.25, 0.3) is 0 Å². The molecule has 128 valence electrons. The summed E-state index contributed by atoms with van der Waals surface area (Å²) in [6.07, 6.45) is 5.34. The van der Waals surface area contributed by atoms with Crippen LogP contribution < -0.4 is 10.5 Å². The second kappa shape index (κ2) is 7.60. The monoisotopic (exact) mass is 360 g/mol. The van der Waals surface area contributed by atoms with Crippen molar-refractivity contribution in [2.24, 2.45) is 0 Å². The normalized spacial score (nSPS) is 20.5. The Kier molecular flexibility index (Phi) is 6.00. The quantitative estimate of drug-likeness (QED) is 0.806. The third-order valence-corrected chi connectivity index (χ3v) is 4.85. The van der Waals surface area contributed by atoms with Crippen molar-refractivity contribution >= 4 is 35.7 Å². The van der Waals surface area contributed by atoms with Gasteiger partial charge in [-0.1, -0.05) is 18.0 Å². The first kappa shape index (κ1) is 18.2. The van der Waals surface area contributed by atoms with E-state index in [2.05, 4.69) is 4.90 Å². The Bertz CT molecular complexity index is 589. The number of nitrogens with zero attached hydrogens (tertiary/aromatic N) is 1. The van der Waals surface area contributed by atoms with Crippen LogP contribution >= 0.6 is 24.0 Å². The maximum Gasteiger partial charge on any atom is 0.339 e. The van der Waals surface area contributed by atoms with Gasteiger partial charge in [-0.05, 0) is 38.4 Å². The second-order valence-corrected chi connectivity index (χ2v) is 6.47. The van der Waals surface area contributed by atoms with Gasteiger partial charge in [-0.3, -0.25) is 0 Å². The maximum absolute atomic E-state index is 11.3. The number of carboxylic acid groups (broad SMARTS) is 1. The molecule has 7 heteroatoms. The lowest BCUT2D eigenvalue weighted by molar-refractivity contribution is 0.0690. The zero-order valence-electron chi connectivity index (χ0n) is 12.9. The number of carbonyl (C=O) groups is 1. The number of hydrogen-bond donors (Lipinski definition) is 2. The Balaban J connectivity index is 0.00000192. The molecule has 0 spiro atoms. The summed E-state index contributed by atoms with van der Waals surface area (Å²) in [5, 5.41) is 9.59. The second-order valence-electron chi connectivity index (χ2n) is 6.07. The van der Waals surface area contributed by atoms with E-state index < -0.39 is 5.97 Å². The highest BCUT2D eigenvalue weighted by Gasteiger charge is 2.31. The number of ether oxygens (including phenoxy) is 1. The van der Waals surface area contributed by atoms with E-state index in [-0.39, 0.29) is 29.1 Å². The Labute approximate surface area is 147 Å². The van der Waals surface area contributed by atoms with Crippen molar-refractivity contribution in [3.63, 3.8) is 0 Å². The fraction of sp³-hybridized carbons (Fsp3) is 0.562. The topological polar surface area (TPSA) is 75.8 Å². The molecule has 0 aromatic heterocycles. The minimum absolute atomic E-state index is 0. The molecule has 1 fully saturated rings. The fourth-order valence-corrected chi connectivity index (χ4v) is 3.52. The SMILES string of the molecule is Cl.Nc1c(Cl)cc(C(=O)O)c2c1CC(CCN1CCCCC1)O2. The van der Waals surface area contributed by atoms with Crippen LogP contribution in [-0.2, 0) is 6.42 Å². The minimum Gasteiger partial charge on any atom is -0.489 e. The first-order chi connectivity index (χ1) is 10.6. The Morgan fingerprint density at radius 1 is 1.39 bits per heavy atom. The lowest BCUT2D eigenvalue weighted by atomic mass is 10.0. The fourth-order valence-electron chi connectivity index (χ4n) is 3.30. The van der Waals surface area contributed by atoms with Crippen molar-refractivity contribution in [2.45, 2.75) is 38.2 Å². The Morgan fingerprint density at radius 3 is 2.74 bits per heavy atom. The van der Waals surface area contributed by atoms with Gasteiger partial charge in [0.1, 0.15) is 17.4 Å². The number of piperidine rings is 1. The highest BCUT2D eigenvalue weighted by Crippen LogP contribution is 2.41. The van der Waals surface area contributed by atoms with Crippen LogP contribution in [0.1, 0.15) is 41.6 Å². The van der Waals surface area contributed by atoms with Gasteiger partial charge in [0.15, 0.2) is 0 Å². The standard InChI is InChI=1S/C16H21ClN2O3.ClH/c17-13-9-12(16(20)21)15-11(14(13)18)8-10(22-15)4-7-19-5-2-1-3-6-19;/h9-10H,1-8,18H2,(H,20,21);1H. The summed E-state index contributed by atoms with van der Waals surface area (Å²) in [6.45, 7) is 3.27. The molecule has 3 rings (SSSR count). The Hall–Kier alpha value is -1.17. The molecule has 1 unspecified atom stereocenters. The predicted octanol–water partition coefficient (Wildman–Crippen LogP) is 3.22. The molecular formula is C16H22Cl2N2O3. The largest absolute Gasteiger partial charge is 0.489 e. The molecule has 5 nitrogen and oxygen atoms in total. The molecule has 0 bridgehead atoms. The van der Waals surface area contributed by atoms with Gasteiger partial charge in [0.2, 0.25) is 0 Å². The van der Waals surface area contributed by atoms with Crippen LogP contribution in [0.2, 0.25) is 5.02 Å². The molecule has 1 saturated heterocycles. The van der Waals surface area contributed by atoms with E-state index in [4.69, 9.17) is 22.1 Å². The van der Waals surface area contributed by atoms with Gasteiger partial charge in [0.25, 0.3) is 0 Å². The van der Waals surface area contributed by atoms with Crippen LogP contribution in [0.5, 0.6) is 5.75 Å². The molecule has 2 heterocycles. The molecule has 1 aromatic rings. The third-order valence-electron chi connectivity index (χ3n) is 4.53. The smallest absolute Gasteiger partial charge is 0.339 e. The van der Waals surface area contributed by atoms with Crippen LogP contribution in [-0.4, -0.2) is 41.7 Å².